The second-order valence-electron chi connectivity index (χ2n) is 5.95. The second kappa shape index (κ2) is 5.87. The highest BCUT2D eigenvalue weighted by Crippen LogP contribution is 2.30. The minimum Gasteiger partial charge on any atom is -0.323 e. The van der Waals surface area contributed by atoms with Crippen LogP contribution in [0, 0.1) is 0 Å². The van der Waals surface area contributed by atoms with Crippen molar-refractivity contribution in [3.63, 3.8) is 0 Å². The third-order valence-corrected chi connectivity index (χ3v) is 5.60. The molecule has 2 heterocycles. The number of hydroxylamine groups is 2. The van der Waals surface area contributed by atoms with Gasteiger partial charge in [0.15, 0.2) is 0 Å². The highest BCUT2D eigenvalue weighted by Gasteiger charge is 2.39. The van der Waals surface area contributed by atoms with Crippen LogP contribution >= 0.6 is 11.3 Å². The molecule has 1 aromatic heterocycles. The summed E-state index contributed by atoms with van der Waals surface area (Å²) in [7, 11) is 0. The molecule has 0 fully saturated rings. The molecule has 0 unspecified atom stereocenters. The van der Waals surface area contributed by atoms with E-state index in [2.05, 4.69) is 0 Å². The fourth-order valence-electron chi connectivity index (χ4n) is 3.15. The molecule has 1 aromatic carbocycles. The zero-order valence-electron chi connectivity index (χ0n) is 12.9. The average molecular weight is 341 g/mol. The predicted molar refractivity (Wildman–Crippen MR) is 87.9 cm³/mol. The van der Waals surface area contributed by atoms with E-state index in [9.17, 15) is 14.4 Å². The molecular weight excluding hydrogens is 326 g/mol. The van der Waals surface area contributed by atoms with E-state index in [1.54, 1.807) is 24.3 Å². The zero-order valence-corrected chi connectivity index (χ0v) is 13.7. The topological polar surface area (TPSA) is 63.7 Å². The molecule has 2 amide bonds. The summed E-state index contributed by atoms with van der Waals surface area (Å²) < 4.78 is 0. The van der Waals surface area contributed by atoms with E-state index in [1.165, 1.54) is 28.2 Å². The summed E-state index contributed by atoms with van der Waals surface area (Å²) >= 11 is 1.40. The number of thiophene rings is 1. The predicted octanol–water partition coefficient (Wildman–Crippen LogP) is 3.39. The smallest absolute Gasteiger partial charge is 0.323 e. The molecule has 5 nitrogen and oxygen atoms in total. The van der Waals surface area contributed by atoms with Crippen molar-refractivity contribution < 1.29 is 19.2 Å². The Morgan fingerprint density at radius 2 is 1.67 bits per heavy atom. The van der Waals surface area contributed by atoms with Crippen molar-refractivity contribution in [2.75, 3.05) is 0 Å². The van der Waals surface area contributed by atoms with Gasteiger partial charge < -0.3 is 4.84 Å². The van der Waals surface area contributed by atoms with Crippen LogP contribution in [0.1, 0.15) is 60.1 Å². The maximum absolute atomic E-state index is 12.4. The van der Waals surface area contributed by atoms with E-state index < -0.39 is 17.8 Å². The van der Waals surface area contributed by atoms with Crippen molar-refractivity contribution in [3.8, 4) is 0 Å². The van der Waals surface area contributed by atoms with Gasteiger partial charge in [-0.05, 0) is 49.4 Å². The van der Waals surface area contributed by atoms with Crippen LogP contribution in [0.2, 0.25) is 0 Å². The van der Waals surface area contributed by atoms with Gasteiger partial charge in [0.2, 0.25) is 0 Å². The average Bonchev–Trinajstić information content (AvgIpc) is 3.01. The quantitative estimate of drug-likeness (QED) is 0.620. The summed E-state index contributed by atoms with van der Waals surface area (Å²) in [5, 5.41) is 0.567. The molecule has 0 radical (unpaired) electrons. The molecule has 2 aliphatic rings. The lowest BCUT2D eigenvalue weighted by atomic mass is 10.1. The molecule has 0 spiro atoms. The third kappa shape index (κ3) is 2.43. The van der Waals surface area contributed by atoms with Crippen LogP contribution in [0.3, 0.4) is 0 Å². The molecular formula is C18H15NO4S. The fourth-order valence-corrected chi connectivity index (χ4v) is 4.27. The first-order chi connectivity index (χ1) is 11.6. The molecule has 6 heteroatoms. The van der Waals surface area contributed by atoms with Crippen LogP contribution in [0.4, 0.5) is 0 Å². The maximum Gasteiger partial charge on any atom is 0.373 e. The number of amides is 2. The number of rotatable bonds is 2. The maximum atomic E-state index is 12.4. The van der Waals surface area contributed by atoms with Gasteiger partial charge in [-0.25, -0.2) is 4.79 Å². The normalized spacial score (nSPS) is 16.6. The number of hydrogen-bond acceptors (Lipinski definition) is 5. The zero-order chi connectivity index (χ0) is 16.7. The van der Waals surface area contributed by atoms with E-state index in [0.29, 0.717) is 9.94 Å². The van der Waals surface area contributed by atoms with E-state index in [0.717, 1.165) is 25.7 Å². The molecule has 1 aliphatic carbocycles. The lowest BCUT2D eigenvalue weighted by molar-refractivity contribution is -0.0581. The van der Waals surface area contributed by atoms with Gasteiger partial charge in [0.25, 0.3) is 11.8 Å². The molecule has 1 aliphatic heterocycles. The molecule has 2 aromatic rings. The summed E-state index contributed by atoms with van der Waals surface area (Å²) in [6.07, 6.45) is 5.39. The Balaban J connectivity index is 1.55. The van der Waals surface area contributed by atoms with Crippen LogP contribution in [-0.2, 0) is 17.7 Å². The molecule has 0 saturated carbocycles. The first-order valence-electron chi connectivity index (χ1n) is 7.97. The van der Waals surface area contributed by atoms with Crippen LogP contribution in [-0.4, -0.2) is 22.8 Å². The van der Waals surface area contributed by atoms with Crippen LogP contribution < -0.4 is 0 Å². The number of carbonyl (C=O) groups is 3. The van der Waals surface area contributed by atoms with Crippen LogP contribution in [0.15, 0.2) is 30.3 Å². The molecule has 0 bridgehead atoms. The van der Waals surface area contributed by atoms with Gasteiger partial charge in [-0.3, -0.25) is 9.59 Å². The largest absolute Gasteiger partial charge is 0.373 e. The van der Waals surface area contributed by atoms with Crippen LogP contribution in [0.25, 0.3) is 0 Å². The van der Waals surface area contributed by atoms with Crippen molar-refractivity contribution in [2.24, 2.45) is 0 Å². The summed E-state index contributed by atoms with van der Waals surface area (Å²) in [5.41, 5.74) is 1.71. The Hall–Kier alpha value is -2.47. The Morgan fingerprint density at radius 1 is 1.00 bits per heavy atom. The minimum atomic E-state index is -0.650. The lowest BCUT2D eigenvalue weighted by Crippen LogP contribution is -2.32. The van der Waals surface area contributed by atoms with E-state index >= 15 is 0 Å². The van der Waals surface area contributed by atoms with Crippen molar-refractivity contribution >= 4 is 29.1 Å². The highest BCUT2D eigenvalue weighted by molar-refractivity contribution is 7.14. The summed E-state index contributed by atoms with van der Waals surface area (Å²) in [6.45, 7) is 0. The van der Waals surface area contributed by atoms with E-state index in [1.807, 2.05) is 6.07 Å². The number of fused-ring (bicyclic) bond motifs is 2. The van der Waals surface area contributed by atoms with Gasteiger partial charge in [0.05, 0.1) is 11.1 Å². The van der Waals surface area contributed by atoms with Gasteiger partial charge in [-0.15, -0.1) is 11.3 Å². The van der Waals surface area contributed by atoms with E-state index in [4.69, 9.17) is 4.84 Å². The number of imide groups is 1. The molecule has 24 heavy (non-hydrogen) atoms. The number of nitrogens with zero attached hydrogens (tertiary/aromatic N) is 1. The van der Waals surface area contributed by atoms with Crippen molar-refractivity contribution in [1.82, 2.24) is 5.06 Å². The Kier molecular flexibility index (Phi) is 3.69. The molecule has 4 rings (SSSR count). The Bertz CT molecular complexity index is 796. The van der Waals surface area contributed by atoms with Gasteiger partial charge in [-0.1, -0.05) is 23.6 Å². The monoisotopic (exact) mass is 341 g/mol. The lowest BCUT2D eigenvalue weighted by Gasteiger charge is -2.11. The van der Waals surface area contributed by atoms with Crippen molar-refractivity contribution in [3.05, 3.63) is 56.8 Å². The van der Waals surface area contributed by atoms with Gasteiger partial charge in [0.1, 0.15) is 4.88 Å². The second-order valence-corrected chi connectivity index (χ2v) is 7.09. The molecule has 0 N–H and O–H groups in total. The summed E-state index contributed by atoms with van der Waals surface area (Å²) in [4.78, 5) is 43.7. The highest BCUT2D eigenvalue weighted by atomic mass is 32.1. The SMILES string of the molecule is O=C(ON1C(=O)c2ccccc2C1=O)c1cc2c(s1)CCCCC2. The Morgan fingerprint density at radius 3 is 2.38 bits per heavy atom. The fraction of sp³-hybridized carbons (Fsp3) is 0.278. The first kappa shape index (κ1) is 15.1. The summed E-state index contributed by atoms with van der Waals surface area (Å²) in [5.74, 6) is -1.84. The molecule has 0 saturated heterocycles. The molecule has 122 valence electrons. The molecule has 0 atom stereocenters. The minimum absolute atomic E-state index is 0.261. The van der Waals surface area contributed by atoms with Crippen molar-refractivity contribution in [1.29, 1.82) is 0 Å². The number of aryl methyl sites for hydroxylation is 2. The summed E-state index contributed by atoms with van der Waals surface area (Å²) in [6, 6.07) is 8.29. The number of benzene rings is 1. The van der Waals surface area contributed by atoms with Gasteiger partial charge >= 0.3 is 5.97 Å². The van der Waals surface area contributed by atoms with Gasteiger partial charge in [0, 0.05) is 4.88 Å². The van der Waals surface area contributed by atoms with Crippen LogP contribution in [0.5, 0.6) is 0 Å². The van der Waals surface area contributed by atoms with Gasteiger partial charge in [-0.2, -0.15) is 0 Å². The number of hydrogen-bond donors (Lipinski definition) is 0. The third-order valence-electron chi connectivity index (χ3n) is 4.38. The Labute approximate surface area is 142 Å². The first-order valence-corrected chi connectivity index (χ1v) is 8.78. The number of carbonyl (C=O) groups excluding carboxylic acids is 3. The van der Waals surface area contributed by atoms with Crippen molar-refractivity contribution in [2.45, 2.75) is 32.1 Å². The van der Waals surface area contributed by atoms with E-state index in [-0.39, 0.29) is 11.1 Å². The standard InChI is InChI=1S/C18H15NO4S/c20-16-12-7-4-5-8-13(12)17(21)19(16)23-18(22)15-10-11-6-2-1-3-9-14(11)24-15/h4-5,7-8,10H,1-3,6,9H2.